The molecule has 1 amide bonds. The Morgan fingerprint density at radius 3 is 2.17 bits per heavy atom. The molecule has 0 radical (unpaired) electrons. The fraction of sp³-hybridized carbons (Fsp3) is 0.800. The summed E-state index contributed by atoms with van der Waals surface area (Å²) in [7, 11) is 0. The van der Waals surface area contributed by atoms with Gasteiger partial charge in [0, 0.05) is 0 Å². The van der Waals surface area contributed by atoms with E-state index in [0.717, 1.165) is 0 Å². The first-order valence-electron chi connectivity index (χ1n) is 2.94. The van der Waals surface area contributed by atoms with Crippen LogP contribution in [0.1, 0.15) is 6.92 Å². The zero-order valence-corrected chi connectivity index (χ0v) is 6.02. The van der Waals surface area contributed by atoms with Gasteiger partial charge in [0.05, 0.1) is 6.04 Å². The normalized spacial score (nSPS) is 14.5. The Bertz CT molecular complexity index is 173. The molecule has 0 aliphatic carbocycles. The summed E-state index contributed by atoms with van der Waals surface area (Å²) in [6.07, 6.45) is -5.64. The molecule has 0 saturated carbocycles. The van der Waals surface area contributed by atoms with Crippen LogP contribution >= 0.6 is 0 Å². The summed E-state index contributed by atoms with van der Waals surface area (Å²) < 4.78 is 47.5. The highest BCUT2D eigenvalue weighted by atomic mass is 19.3. The minimum atomic E-state index is -4.33. The van der Waals surface area contributed by atoms with Crippen LogP contribution in [0.2, 0.25) is 0 Å². The maximum Gasteiger partial charge on any atom is 0.405 e. The van der Waals surface area contributed by atoms with Crippen molar-refractivity contribution in [1.29, 1.82) is 0 Å². The molecule has 0 spiro atoms. The lowest BCUT2D eigenvalue weighted by Crippen LogP contribution is -2.49. The van der Waals surface area contributed by atoms with Gasteiger partial charge in [0.25, 0.3) is 0 Å². The molecule has 0 heterocycles. The van der Waals surface area contributed by atoms with Crippen LogP contribution in [0.3, 0.4) is 0 Å². The molecule has 0 aliphatic rings. The van der Waals surface area contributed by atoms with Crippen LogP contribution in [0.25, 0.3) is 0 Å². The lowest BCUT2D eigenvalue weighted by atomic mass is 10.2. The third-order valence-corrected chi connectivity index (χ3v) is 1.21. The molecular weight excluding hydrogens is 182 g/mol. The molecule has 0 aromatic carbocycles. The average molecular weight is 189 g/mol. The van der Waals surface area contributed by atoms with Crippen molar-refractivity contribution in [2.24, 2.45) is 0 Å². The summed E-state index contributed by atoms with van der Waals surface area (Å²) in [5, 5.41) is 9.19. The third-order valence-electron chi connectivity index (χ3n) is 1.21. The monoisotopic (exact) mass is 189 g/mol. The van der Waals surface area contributed by atoms with E-state index < -0.39 is 24.5 Å². The maximum absolute atomic E-state index is 12.2. The van der Waals surface area contributed by atoms with Crippen molar-refractivity contribution in [1.82, 2.24) is 5.32 Å². The van der Waals surface area contributed by atoms with Crippen LogP contribution in [0.4, 0.5) is 22.4 Å². The standard InChI is InChI=1S/C5H7F4NO2/c1-2(10-4(11)12)5(8,9)3(6)7/h2-3,10H,1H3,(H,11,12). The summed E-state index contributed by atoms with van der Waals surface area (Å²) >= 11 is 0. The summed E-state index contributed by atoms with van der Waals surface area (Å²) in [5.74, 6) is -4.33. The Morgan fingerprint density at radius 1 is 1.50 bits per heavy atom. The van der Waals surface area contributed by atoms with Gasteiger partial charge in [0.15, 0.2) is 0 Å². The molecule has 1 atom stereocenters. The molecule has 0 saturated heterocycles. The predicted molar refractivity (Wildman–Crippen MR) is 31.6 cm³/mol. The van der Waals surface area contributed by atoms with Crippen LogP contribution in [-0.2, 0) is 0 Å². The van der Waals surface area contributed by atoms with E-state index in [1.54, 1.807) is 0 Å². The van der Waals surface area contributed by atoms with Crippen molar-refractivity contribution in [3.05, 3.63) is 0 Å². The molecule has 0 aromatic heterocycles. The summed E-state index contributed by atoms with van der Waals surface area (Å²) in [5.41, 5.74) is 0. The highest BCUT2D eigenvalue weighted by Gasteiger charge is 2.47. The van der Waals surface area contributed by atoms with Crippen molar-refractivity contribution < 1.29 is 27.5 Å². The highest BCUT2D eigenvalue weighted by Crippen LogP contribution is 2.26. The van der Waals surface area contributed by atoms with Gasteiger partial charge >= 0.3 is 18.4 Å². The van der Waals surface area contributed by atoms with Gasteiger partial charge < -0.3 is 10.4 Å². The van der Waals surface area contributed by atoms with Crippen LogP contribution < -0.4 is 5.32 Å². The molecule has 0 aromatic rings. The smallest absolute Gasteiger partial charge is 0.405 e. The van der Waals surface area contributed by atoms with Gasteiger partial charge in [-0.05, 0) is 6.92 Å². The fourth-order valence-electron chi connectivity index (χ4n) is 0.470. The lowest BCUT2D eigenvalue weighted by Gasteiger charge is -2.22. The number of halogens is 4. The van der Waals surface area contributed by atoms with E-state index in [1.807, 2.05) is 0 Å². The predicted octanol–water partition coefficient (Wildman–Crippen LogP) is 1.54. The van der Waals surface area contributed by atoms with Gasteiger partial charge in [-0.3, -0.25) is 0 Å². The third kappa shape index (κ3) is 2.55. The molecule has 2 N–H and O–H groups in total. The van der Waals surface area contributed by atoms with E-state index in [4.69, 9.17) is 5.11 Å². The second-order valence-corrected chi connectivity index (χ2v) is 2.15. The Morgan fingerprint density at radius 2 is 1.92 bits per heavy atom. The van der Waals surface area contributed by atoms with E-state index in [9.17, 15) is 22.4 Å². The number of hydrogen-bond donors (Lipinski definition) is 2. The van der Waals surface area contributed by atoms with Gasteiger partial charge in [-0.15, -0.1) is 0 Å². The molecule has 0 aliphatic heterocycles. The molecular formula is C5H7F4NO2. The molecule has 3 nitrogen and oxygen atoms in total. The summed E-state index contributed by atoms with van der Waals surface area (Å²) in [6, 6.07) is -2.10. The Balaban J connectivity index is 4.24. The van der Waals surface area contributed by atoms with E-state index in [1.165, 1.54) is 5.32 Å². The number of carbonyl (C=O) groups is 1. The second-order valence-electron chi connectivity index (χ2n) is 2.15. The van der Waals surface area contributed by atoms with E-state index in [-0.39, 0.29) is 0 Å². The number of rotatable bonds is 3. The molecule has 0 fully saturated rings. The van der Waals surface area contributed by atoms with E-state index in [2.05, 4.69) is 0 Å². The van der Waals surface area contributed by atoms with Gasteiger partial charge in [0.2, 0.25) is 0 Å². The topological polar surface area (TPSA) is 49.3 Å². The highest BCUT2D eigenvalue weighted by molar-refractivity contribution is 5.64. The van der Waals surface area contributed by atoms with Crippen LogP contribution in [0.5, 0.6) is 0 Å². The van der Waals surface area contributed by atoms with Gasteiger partial charge in [-0.1, -0.05) is 0 Å². The minimum Gasteiger partial charge on any atom is -0.465 e. The molecule has 12 heavy (non-hydrogen) atoms. The fourth-order valence-corrected chi connectivity index (χ4v) is 0.470. The SMILES string of the molecule is CC(NC(=O)O)C(F)(F)C(F)F. The van der Waals surface area contributed by atoms with Crippen LogP contribution in [-0.4, -0.2) is 29.6 Å². The lowest BCUT2D eigenvalue weighted by molar-refractivity contribution is -0.144. The molecule has 0 bridgehead atoms. The largest absolute Gasteiger partial charge is 0.465 e. The van der Waals surface area contributed by atoms with E-state index in [0.29, 0.717) is 6.92 Å². The number of hydrogen-bond acceptors (Lipinski definition) is 1. The van der Waals surface area contributed by atoms with Crippen molar-refractivity contribution in [2.75, 3.05) is 0 Å². The van der Waals surface area contributed by atoms with Crippen molar-refractivity contribution >= 4 is 6.09 Å². The summed E-state index contributed by atoms with van der Waals surface area (Å²) in [6.45, 7) is 0.667. The number of alkyl halides is 4. The van der Waals surface area contributed by atoms with Gasteiger partial charge in [-0.2, -0.15) is 8.78 Å². The number of carboxylic acid groups (broad SMARTS) is 1. The minimum absolute atomic E-state index is 0.667. The first kappa shape index (κ1) is 11.0. The summed E-state index contributed by atoms with van der Waals surface area (Å²) in [4.78, 5) is 9.79. The second kappa shape index (κ2) is 3.59. The van der Waals surface area contributed by atoms with E-state index >= 15 is 0 Å². The number of amides is 1. The first-order chi connectivity index (χ1) is 5.28. The zero-order chi connectivity index (χ0) is 9.94. The van der Waals surface area contributed by atoms with Gasteiger partial charge in [0.1, 0.15) is 0 Å². The Kier molecular flexibility index (Phi) is 3.29. The van der Waals surface area contributed by atoms with Crippen molar-refractivity contribution in [2.45, 2.75) is 25.3 Å². The van der Waals surface area contributed by atoms with Crippen molar-refractivity contribution in [3.63, 3.8) is 0 Å². The molecule has 1 unspecified atom stereocenters. The zero-order valence-electron chi connectivity index (χ0n) is 6.02. The number of nitrogens with one attached hydrogen (secondary N) is 1. The maximum atomic E-state index is 12.2. The quantitative estimate of drug-likeness (QED) is 0.661. The molecule has 0 rings (SSSR count). The van der Waals surface area contributed by atoms with Crippen LogP contribution in [0.15, 0.2) is 0 Å². The molecule has 72 valence electrons. The van der Waals surface area contributed by atoms with Crippen molar-refractivity contribution in [3.8, 4) is 0 Å². The Labute approximate surface area is 65.4 Å². The first-order valence-corrected chi connectivity index (χ1v) is 2.94. The van der Waals surface area contributed by atoms with Gasteiger partial charge in [-0.25, -0.2) is 13.6 Å². The Hall–Kier alpha value is -1.01. The van der Waals surface area contributed by atoms with Crippen LogP contribution in [0, 0.1) is 0 Å². The molecule has 7 heteroatoms. The average Bonchev–Trinajstić information content (AvgIpc) is 1.85.